The average molecular weight is 271 g/mol. The summed E-state index contributed by atoms with van der Waals surface area (Å²) < 4.78 is 19.6. The molecule has 2 heterocycles. The summed E-state index contributed by atoms with van der Waals surface area (Å²) in [5, 5.41) is 0.856. The zero-order valence-electron chi connectivity index (χ0n) is 11.0. The van der Waals surface area contributed by atoms with Gasteiger partial charge in [0, 0.05) is 18.9 Å². The first-order chi connectivity index (χ1) is 9.69. The summed E-state index contributed by atoms with van der Waals surface area (Å²) in [4.78, 5) is 7.25. The second kappa shape index (κ2) is 4.94. The molecule has 20 heavy (non-hydrogen) atoms. The summed E-state index contributed by atoms with van der Waals surface area (Å²) in [6.45, 7) is 2.24. The van der Waals surface area contributed by atoms with Crippen LogP contribution in [0.15, 0.2) is 36.7 Å². The summed E-state index contributed by atoms with van der Waals surface area (Å²) in [5.41, 5.74) is 7.93. The fourth-order valence-corrected chi connectivity index (χ4v) is 2.14. The van der Waals surface area contributed by atoms with E-state index in [2.05, 4.69) is 9.97 Å². The van der Waals surface area contributed by atoms with E-state index >= 15 is 0 Å². The molecule has 102 valence electrons. The van der Waals surface area contributed by atoms with Gasteiger partial charge in [-0.05, 0) is 36.2 Å². The number of nitrogens with one attached hydrogen (secondary N) is 1. The molecule has 0 aliphatic rings. The number of ether oxygens (including phenoxy) is 1. The molecule has 3 N–H and O–H groups in total. The van der Waals surface area contributed by atoms with Crippen LogP contribution in [0.25, 0.3) is 11.0 Å². The highest BCUT2D eigenvalue weighted by molar-refractivity contribution is 5.86. The maximum absolute atomic E-state index is 13.9. The Bertz CT molecular complexity index is 767. The Balaban J connectivity index is 2.03. The molecule has 3 rings (SSSR count). The lowest BCUT2D eigenvalue weighted by Crippen LogP contribution is -1.98. The fraction of sp³-hybridized carbons (Fsp3) is 0.133. The highest BCUT2D eigenvalue weighted by Crippen LogP contribution is 2.32. The smallest absolute Gasteiger partial charge is 0.166 e. The molecule has 0 saturated carbocycles. The first kappa shape index (κ1) is 12.6. The van der Waals surface area contributed by atoms with Gasteiger partial charge in [-0.1, -0.05) is 6.07 Å². The van der Waals surface area contributed by atoms with E-state index in [1.165, 1.54) is 6.07 Å². The molecular formula is C15H14FN3O. The number of hydrogen-bond donors (Lipinski definition) is 2. The summed E-state index contributed by atoms with van der Waals surface area (Å²) in [7, 11) is 0. The number of aryl methyl sites for hydroxylation is 1. The van der Waals surface area contributed by atoms with E-state index < -0.39 is 5.82 Å². The summed E-state index contributed by atoms with van der Waals surface area (Å²) >= 11 is 0. The van der Waals surface area contributed by atoms with Crippen molar-refractivity contribution >= 4 is 11.0 Å². The Morgan fingerprint density at radius 3 is 2.90 bits per heavy atom. The lowest BCUT2D eigenvalue weighted by atomic mass is 10.2. The summed E-state index contributed by atoms with van der Waals surface area (Å²) in [6, 6.07) is 6.45. The predicted molar refractivity (Wildman–Crippen MR) is 75.2 cm³/mol. The highest BCUT2D eigenvalue weighted by atomic mass is 19.1. The second-order valence-corrected chi connectivity index (χ2v) is 4.58. The molecular weight excluding hydrogens is 257 g/mol. The van der Waals surface area contributed by atoms with Gasteiger partial charge >= 0.3 is 0 Å². The third kappa shape index (κ3) is 2.12. The fourth-order valence-electron chi connectivity index (χ4n) is 2.14. The van der Waals surface area contributed by atoms with Crippen molar-refractivity contribution in [3.05, 3.63) is 53.6 Å². The van der Waals surface area contributed by atoms with Crippen LogP contribution in [0.4, 0.5) is 4.39 Å². The van der Waals surface area contributed by atoms with Crippen LogP contribution < -0.4 is 10.5 Å². The minimum absolute atomic E-state index is 0.176. The zero-order chi connectivity index (χ0) is 14.1. The van der Waals surface area contributed by atoms with Crippen molar-refractivity contribution in [1.29, 1.82) is 0 Å². The molecule has 5 heteroatoms. The summed E-state index contributed by atoms with van der Waals surface area (Å²) in [5.74, 6) is 0.328. The van der Waals surface area contributed by atoms with Crippen LogP contribution in [0.2, 0.25) is 0 Å². The number of nitrogens with two attached hydrogens (primary N) is 1. The number of aromatic nitrogens is 2. The molecule has 0 saturated heterocycles. The van der Waals surface area contributed by atoms with Gasteiger partial charge in [0.15, 0.2) is 11.6 Å². The van der Waals surface area contributed by atoms with Crippen LogP contribution in [0, 0.1) is 12.7 Å². The van der Waals surface area contributed by atoms with Crippen molar-refractivity contribution in [3.8, 4) is 11.5 Å². The minimum atomic E-state index is -0.425. The van der Waals surface area contributed by atoms with E-state index in [-0.39, 0.29) is 5.75 Å². The Morgan fingerprint density at radius 1 is 1.30 bits per heavy atom. The van der Waals surface area contributed by atoms with Crippen molar-refractivity contribution in [2.45, 2.75) is 13.5 Å². The molecule has 2 aromatic heterocycles. The monoisotopic (exact) mass is 271 g/mol. The number of halogens is 1. The first-order valence-corrected chi connectivity index (χ1v) is 6.28. The van der Waals surface area contributed by atoms with Crippen molar-refractivity contribution < 1.29 is 9.13 Å². The van der Waals surface area contributed by atoms with E-state index in [0.29, 0.717) is 12.3 Å². The molecule has 0 amide bonds. The Morgan fingerprint density at radius 2 is 2.15 bits per heavy atom. The van der Waals surface area contributed by atoms with Gasteiger partial charge in [0.1, 0.15) is 11.4 Å². The standard InChI is InChI=1S/C15H14FN3O/c1-9-8-19-15-14(9)13(4-5-18-15)20-12-3-2-10(7-17)6-11(12)16/h2-6,8H,7,17H2,1H3,(H,18,19). The van der Waals surface area contributed by atoms with Gasteiger partial charge in [0.05, 0.1) is 5.39 Å². The summed E-state index contributed by atoms with van der Waals surface area (Å²) in [6.07, 6.45) is 3.47. The van der Waals surface area contributed by atoms with Gasteiger partial charge in [-0.25, -0.2) is 9.37 Å². The van der Waals surface area contributed by atoms with Gasteiger partial charge in [-0.15, -0.1) is 0 Å². The Kier molecular flexibility index (Phi) is 3.12. The molecule has 0 fully saturated rings. The maximum atomic E-state index is 13.9. The van der Waals surface area contributed by atoms with E-state index in [0.717, 1.165) is 22.2 Å². The number of hydrogen-bond acceptors (Lipinski definition) is 3. The normalized spacial score (nSPS) is 10.9. The van der Waals surface area contributed by atoms with E-state index in [1.807, 2.05) is 13.1 Å². The largest absolute Gasteiger partial charge is 0.453 e. The van der Waals surface area contributed by atoms with Crippen molar-refractivity contribution in [2.24, 2.45) is 5.73 Å². The number of pyridine rings is 1. The molecule has 0 unspecified atom stereocenters. The molecule has 1 aromatic carbocycles. The van der Waals surface area contributed by atoms with Gasteiger partial charge in [-0.3, -0.25) is 0 Å². The first-order valence-electron chi connectivity index (χ1n) is 6.28. The van der Waals surface area contributed by atoms with Crippen LogP contribution in [0.5, 0.6) is 11.5 Å². The number of benzene rings is 1. The molecule has 0 radical (unpaired) electrons. The van der Waals surface area contributed by atoms with Gasteiger partial charge in [0.2, 0.25) is 0 Å². The molecule has 0 aliphatic carbocycles. The molecule has 0 atom stereocenters. The Labute approximate surface area is 115 Å². The number of nitrogens with zero attached hydrogens (tertiary/aromatic N) is 1. The van der Waals surface area contributed by atoms with Crippen LogP contribution >= 0.6 is 0 Å². The molecule has 3 aromatic rings. The van der Waals surface area contributed by atoms with Crippen LogP contribution in [0.1, 0.15) is 11.1 Å². The van der Waals surface area contributed by atoms with Crippen molar-refractivity contribution in [2.75, 3.05) is 0 Å². The Hall–Kier alpha value is -2.40. The van der Waals surface area contributed by atoms with Crippen LogP contribution in [0.3, 0.4) is 0 Å². The third-order valence-corrected chi connectivity index (χ3v) is 3.18. The molecule has 0 bridgehead atoms. The van der Waals surface area contributed by atoms with Crippen LogP contribution in [-0.2, 0) is 6.54 Å². The van der Waals surface area contributed by atoms with Gasteiger partial charge in [0.25, 0.3) is 0 Å². The third-order valence-electron chi connectivity index (χ3n) is 3.18. The molecule has 0 aliphatic heterocycles. The number of aromatic amines is 1. The van der Waals surface area contributed by atoms with Crippen molar-refractivity contribution in [3.63, 3.8) is 0 Å². The zero-order valence-corrected chi connectivity index (χ0v) is 11.0. The van der Waals surface area contributed by atoms with Gasteiger partial charge < -0.3 is 15.5 Å². The predicted octanol–water partition coefficient (Wildman–Crippen LogP) is 3.26. The van der Waals surface area contributed by atoms with Crippen LogP contribution in [-0.4, -0.2) is 9.97 Å². The number of fused-ring (bicyclic) bond motifs is 1. The minimum Gasteiger partial charge on any atom is -0.453 e. The van der Waals surface area contributed by atoms with Crippen molar-refractivity contribution in [1.82, 2.24) is 9.97 Å². The van der Waals surface area contributed by atoms with E-state index in [1.54, 1.807) is 24.4 Å². The quantitative estimate of drug-likeness (QED) is 0.768. The number of H-pyrrole nitrogens is 1. The van der Waals surface area contributed by atoms with Gasteiger partial charge in [-0.2, -0.15) is 0 Å². The average Bonchev–Trinajstić information content (AvgIpc) is 2.84. The topological polar surface area (TPSA) is 63.9 Å². The molecule has 0 spiro atoms. The maximum Gasteiger partial charge on any atom is 0.166 e. The lowest BCUT2D eigenvalue weighted by Gasteiger charge is -2.09. The second-order valence-electron chi connectivity index (χ2n) is 4.58. The lowest BCUT2D eigenvalue weighted by molar-refractivity contribution is 0.445. The number of rotatable bonds is 3. The SMILES string of the molecule is Cc1c[nH]c2nccc(Oc3ccc(CN)cc3F)c12. The highest BCUT2D eigenvalue weighted by Gasteiger charge is 2.11. The van der Waals surface area contributed by atoms with E-state index in [4.69, 9.17) is 10.5 Å². The van der Waals surface area contributed by atoms with E-state index in [9.17, 15) is 4.39 Å². The molecule has 4 nitrogen and oxygen atoms in total.